The Morgan fingerprint density at radius 1 is 1.14 bits per heavy atom. The van der Waals surface area contributed by atoms with Crippen molar-refractivity contribution in [2.45, 2.75) is 0 Å². The van der Waals surface area contributed by atoms with Crippen molar-refractivity contribution in [1.29, 1.82) is 0 Å². The van der Waals surface area contributed by atoms with Crippen LogP contribution in [0.1, 0.15) is 0 Å². The Bertz CT molecular complexity index is 57.8. The third kappa shape index (κ3) is 71.3. The summed E-state index contributed by atoms with van der Waals surface area (Å²) in [5, 5.41) is 0. The maximum Gasteiger partial charge on any atom is 0 e. The maximum absolute atomic E-state index is 8.94. The van der Waals surface area contributed by atoms with Crippen molar-refractivity contribution < 1.29 is 33.1 Å². The van der Waals surface area contributed by atoms with E-state index in [1.54, 1.807) is 0 Å². The van der Waals surface area contributed by atoms with Crippen LogP contribution in [-0.4, -0.2) is 64.5 Å². The number of hydrogen-bond donors (Lipinski definition) is 3. The van der Waals surface area contributed by atoms with Crippen molar-refractivity contribution in [2.75, 3.05) is 0 Å². The van der Waals surface area contributed by atoms with Crippen LogP contribution in [0.2, 0.25) is 0 Å². The summed E-state index contributed by atoms with van der Waals surface area (Å²) in [5.74, 6) is 0. The van der Waals surface area contributed by atoms with E-state index in [0.717, 1.165) is 0 Å². The molecule has 0 aromatic carbocycles. The second kappa shape index (κ2) is 6.14. The van der Waals surface area contributed by atoms with Crippen molar-refractivity contribution >= 4 is 52.3 Å². The van der Waals surface area contributed by atoms with E-state index in [2.05, 4.69) is 0 Å². The van der Waals surface area contributed by atoms with Gasteiger partial charge in [0.15, 0.2) is 0 Å². The van der Waals surface area contributed by atoms with Gasteiger partial charge in [-0.2, -0.15) is 0 Å². The van der Waals surface area contributed by atoms with Gasteiger partial charge in [0.2, 0.25) is 0 Å². The molecular weight excluding hydrogens is 243 g/mol. The molecule has 0 saturated carbocycles. The zero-order valence-corrected chi connectivity index (χ0v) is 5.32. The van der Waals surface area contributed by atoms with E-state index in [1.807, 2.05) is 0 Å². The average Bonchev–Trinajstić information content (AvgIpc) is 0.722. The molecular formula is H5AsCaCuO4. The molecule has 0 heterocycles. The van der Waals surface area contributed by atoms with E-state index in [-0.39, 0.29) is 54.8 Å². The zero-order chi connectivity index (χ0) is 4.50. The van der Waals surface area contributed by atoms with E-state index in [9.17, 15) is 0 Å². The van der Waals surface area contributed by atoms with Gasteiger partial charge in [0, 0.05) is 17.1 Å². The molecule has 3 N–H and O–H groups in total. The molecule has 4 nitrogen and oxygen atoms in total. The van der Waals surface area contributed by atoms with Crippen LogP contribution in [0.25, 0.3) is 0 Å². The molecule has 1 radical (unpaired) electrons. The van der Waals surface area contributed by atoms with Crippen LogP contribution in [0, 0.1) is 0 Å². The van der Waals surface area contributed by atoms with Crippen molar-refractivity contribution in [1.82, 2.24) is 0 Å². The molecule has 0 amide bonds. The molecule has 0 aliphatic carbocycles. The Morgan fingerprint density at radius 3 is 1.14 bits per heavy atom. The predicted molar refractivity (Wildman–Crippen MR) is 21.6 cm³/mol. The first-order valence-electron chi connectivity index (χ1n) is 0.783. The van der Waals surface area contributed by atoms with Gasteiger partial charge in [-0.05, 0) is 0 Å². The molecule has 7 heteroatoms. The van der Waals surface area contributed by atoms with Gasteiger partial charge in [-0.1, -0.05) is 0 Å². The summed E-state index contributed by atoms with van der Waals surface area (Å²) in [5.41, 5.74) is 0. The Balaban J connectivity index is -0.0000000800. The first kappa shape index (κ1) is 16.0. The van der Waals surface area contributed by atoms with Crippen LogP contribution in [0.5, 0.6) is 0 Å². The minimum atomic E-state index is -5.12. The van der Waals surface area contributed by atoms with Crippen LogP contribution in [0.15, 0.2) is 0 Å². The van der Waals surface area contributed by atoms with Crippen molar-refractivity contribution in [3.8, 4) is 0 Å². The van der Waals surface area contributed by atoms with Crippen molar-refractivity contribution in [2.24, 2.45) is 0 Å². The predicted octanol–water partition coefficient (Wildman–Crippen LogP) is -3.09. The molecule has 47 valence electrons. The third-order valence-corrected chi connectivity index (χ3v) is 0. The Morgan fingerprint density at radius 2 is 1.14 bits per heavy atom. The van der Waals surface area contributed by atoms with Crippen LogP contribution >= 0.6 is 0 Å². The Kier molecular flexibility index (Phi) is 14.0. The largest absolute Gasteiger partial charge is 0 e. The van der Waals surface area contributed by atoms with Crippen molar-refractivity contribution in [3.63, 3.8) is 0 Å². The van der Waals surface area contributed by atoms with E-state index in [0.29, 0.717) is 0 Å². The smallest absolute Gasteiger partial charge is 0 e. The first-order valence-corrected chi connectivity index (χ1v) is 4.07. The fraction of sp³-hybridized carbons (Fsp3) is 0. The van der Waals surface area contributed by atoms with E-state index >= 15 is 0 Å². The summed E-state index contributed by atoms with van der Waals surface area (Å²) in [7, 11) is 0. The molecule has 0 rings (SSSR count). The van der Waals surface area contributed by atoms with Crippen LogP contribution < -0.4 is 0 Å². The number of rotatable bonds is 0. The SMILES string of the molecule is O=[As](O)(O)O.[CaH2].[Cu]. The average molecular weight is 248 g/mol. The standard InChI is InChI=1S/AsH3O4.Ca.Cu.2H/c2-1(3,4)5;;;;/h(H3,2,3,4,5);;;;. The maximum atomic E-state index is 8.94. The topological polar surface area (TPSA) is 77.8 Å². The molecule has 0 aliphatic heterocycles. The molecule has 0 fully saturated rings. The Hall–Kier alpha value is 2.02. The van der Waals surface area contributed by atoms with Crippen LogP contribution in [-0.2, 0) is 20.8 Å². The van der Waals surface area contributed by atoms with E-state index in [4.69, 9.17) is 16.0 Å². The fourth-order valence-corrected chi connectivity index (χ4v) is 0. The zero-order valence-electron chi connectivity index (χ0n) is 2.50. The van der Waals surface area contributed by atoms with E-state index < -0.39 is 14.5 Å². The molecule has 0 aromatic heterocycles. The minimum absolute atomic E-state index is 0. The molecule has 7 heavy (non-hydrogen) atoms. The molecule has 0 aliphatic rings. The van der Waals surface area contributed by atoms with Gasteiger partial charge in [0.25, 0.3) is 0 Å². The van der Waals surface area contributed by atoms with Gasteiger partial charge >= 0.3 is 68.3 Å². The normalized spacial score (nSPS) is 8.43. The fourth-order valence-electron chi connectivity index (χ4n) is 0. The minimum Gasteiger partial charge on any atom is 0 e. The van der Waals surface area contributed by atoms with Crippen LogP contribution in [0.3, 0.4) is 0 Å². The summed E-state index contributed by atoms with van der Waals surface area (Å²) in [6.45, 7) is 0. The molecule has 0 unspecified atom stereocenters. The van der Waals surface area contributed by atoms with Gasteiger partial charge < -0.3 is 0 Å². The van der Waals surface area contributed by atoms with Gasteiger partial charge in [0.1, 0.15) is 0 Å². The molecule has 0 atom stereocenters. The summed E-state index contributed by atoms with van der Waals surface area (Å²) >= 11 is -5.12. The molecule has 0 saturated heterocycles. The van der Waals surface area contributed by atoms with Gasteiger partial charge in [-0.25, -0.2) is 0 Å². The quantitative estimate of drug-likeness (QED) is 0.397. The van der Waals surface area contributed by atoms with Gasteiger partial charge in [-0.15, -0.1) is 0 Å². The van der Waals surface area contributed by atoms with Gasteiger partial charge in [0.05, 0.1) is 0 Å². The van der Waals surface area contributed by atoms with Gasteiger partial charge in [-0.3, -0.25) is 0 Å². The summed E-state index contributed by atoms with van der Waals surface area (Å²) in [6, 6.07) is 0. The monoisotopic (exact) mass is 247 g/mol. The Labute approximate surface area is 84.1 Å². The molecule has 0 spiro atoms. The second-order valence-corrected chi connectivity index (χ2v) is 2.67. The summed E-state index contributed by atoms with van der Waals surface area (Å²) in [4.78, 5) is 0. The second-order valence-electron chi connectivity index (χ2n) is 0.513. The van der Waals surface area contributed by atoms with Crippen molar-refractivity contribution in [3.05, 3.63) is 0 Å². The van der Waals surface area contributed by atoms with Crippen LogP contribution in [0.4, 0.5) is 0 Å². The first-order chi connectivity index (χ1) is 2.00. The molecule has 0 bridgehead atoms. The van der Waals surface area contributed by atoms with E-state index in [1.165, 1.54) is 0 Å². The molecule has 0 aromatic rings. The summed E-state index contributed by atoms with van der Waals surface area (Å²) < 4.78 is 30.7. The third-order valence-electron chi connectivity index (χ3n) is 0. The summed E-state index contributed by atoms with van der Waals surface area (Å²) in [6.07, 6.45) is 0. The number of hydrogen-bond acceptors (Lipinski definition) is 1.